The molecule has 1 aliphatic heterocycles. The molecule has 134 valence electrons. The van der Waals surface area contributed by atoms with E-state index in [1.807, 2.05) is 35.9 Å². The quantitative estimate of drug-likeness (QED) is 0.743. The van der Waals surface area contributed by atoms with Gasteiger partial charge in [-0.3, -0.25) is 4.79 Å². The number of hydrogen-bond donors (Lipinski definition) is 2. The third-order valence-electron chi connectivity index (χ3n) is 4.81. The SMILES string of the molecule is Cn1cnc2ccc(-c3cc(NC(=O)C4CCCNC4)ncc3Cl)cc21. The van der Waals surface area contributed by atoms with Gasteiger partial charge < -0.3 is 15.2 Å². The number of nitrogens with zero attached hydrogens (tertiary/aromatic N) is 3. The molecule has 6 nitrogen and oxygen atoms in total. The molecular formula is C19H20ClN5O. The smallest absolute Gasteiger partial charge is 0.229 e. The Labute approximate surface area is 156 Å². The van der Waals surface area contributed by atoms with Crippen LogP contribution >= 0.6 is 11.6 Å². The number of aryl methyl sites for hydroxylation is 1. The first-order valence-corrected chi connectivity index (χ1v) is 9.08. The van der Waals surface area contributed by atoms with Crippen molar-refractivity contribution >= 4 is 34.4 Å². The Kier molecular flexibility index (Phi) is 4.61. The summed E-state index contributed by atoms with van der Waals surface area (Å²) < 4.78 is 1.96. The van der Waals surface area contributed by atoms with Gasteiger partial charge in [-0.1, -0.05) is 17.7 Å². The Morgan fingerprint density at radius 2 is 2.23 bits per heavy atom. The second kappa shape index (κ2) is 7.05. The van der Waals surface area contributed by atoms with E-state index in [-0.39, 0.29) is 11.8 Å². The first kappa shape index (κ1) is 17.0. The number of carbonyl (C=O) groups excluding carboxylic acids is 1. The molecule has 1 aromatic carbocycles. The molecule has 1 aliphatic rings. The molecule has 1 atom stereocenters. The summed E-state index contributed by atoms with van der Waals surface area (Å²) in [6.45, 7) is 1.69. The predicted molar refractivity (Wildman–Crippen MR) is 103 cm³/mol. The number of benzene rings is 1. The lowest BCUT2D eigenvalue weighted by Crippen LogP contribution is -2.37. The summed E-state index contributed by atoms with van der Waals surface area (Å²) >= 11 is 6.37. The average molecular weight is 370 g/mol. The van der Waals surface area contributed by atoms with Gasteiger partial charge in [0.25, 0.3) is 0 Å². The lowest BCUT2D eigenvalue weighted by molar-refractivity contribution is -0.120. The number of carbonyl (C=O) groups is 1. The van der Waals surface area contributed by atoms with Crippen LogP contribution in [0.25, 0.3) is 22.2 Å². The van der Waals surface area contributed by atoms with Crippen LogP contribution in [0, 0.1) is 5.92 Å². The topological polar surface area (TPSA) is 71.8 Å². The lowest BCUT2D eigenvalue weighted by Gasteiger charge is -2.21. The highest BCUT2D eigenvalue weighted by atomic mass is 35.5. The minimum Gasteiger partial charge on any atom is -0.334 e. The summed E-state index contributed by atoms with van der Waals surface area (Å²) in [7, 11) is 1.96. The Balaban J connectivity index is 1.62. The Hall–Kier alpha value is -2.44. The summed E-state index contributed by atoms with van der Waals surface area (Å²) in [5.74, 6) is 0.501. The number of halogens is 1. The van der Waals surface area contributed by atoms with Crippen molar-refractivity contribution in [1.29, 1.82) is 0 Å². The van der Waals surface area contributed by atoms with Gasteiger partial charge in [0.05, 0.1) is 28.3 Å². The molecule has 1 fully saturated rings. The molecule has 1 unspecified atom stereocenters. The molecule has 7 heteroatoms. The van der Waals surface area contributed by atoms with Crippen LogP contribution in [0.1, 0.15) is 12.8 Å². The number of amides is 1. The Bertz CT molecular complexity index is 962. The Morgan fingerprint density at radius 3 is 3.04 bits per heavy atom. The maximum Gasteiger partial charge on any atom is 0.229 e. The maximum atomic E-state index is 12.4. The number of piperidine rings is 1. The van der Waals surface area contributed by atoms with Gasteiger partial charge in [-0.05, 0) is 43.1 Å². The van der Waals surface area contributed by atoms with Gasteiger partial charge in [0.15, 0.2) is 0 Å². The third kappa shape index (κ3) is 3.30. The molecule has 4 rings (SSSR count). The summed E-state index contributed by atoms with van der Waals surface area (Å²) in [6.07, 6.45) is 5.28. The number of nitrogens with one attached hydrogen (secondary N) is 2. The molecule has 0 radical (unpaired) electrons. The van der Waals surface area contributed by atoms with Crippen molar-refractivity contribution in [2.75, 3.05) is 18.4 Å². The zero-order valence-corrected chi connectivity index (χ0v) is 15.3. The summed E-state index contributed by atoms with van der Waals surface area (Å²) in [5.41, 5.74) is 3.75. The highest BCUT2D eigenvalue weighted by molar-refractivity contribution is 6.33. The average Bonchev–Trinajstić information content (AvgIpc) is 3.04. The van der Waals surface area contributed by atoms with Crippen molar-refractivity contribution in [3.05, 3.63) is 41.8 Å². The number of rotatable bonds is 3. The van der Waals surface area contributed by atoms with E-state index in [2.05, 4.69) is 20.6 Å². The fraction of sp³-hybridized carbons (Fsp3) is 0.316. The van der Waals surface area contributed by atoms with Crippen molar-refractivity contribution < 1.29 is 4.79 Å². The highest BCUT2D eigenvalue weighted by Crippen LogP contribution is 2.31. The number of imidazole rings is 1. The predicted octanol–water partition coefficient (Wildman–Crippen LogP) is 3.23. The van der Waals surface area contributed by atoms with Crippen LogP contribution in [-0.4, -0.2) is 33.5 Å². The van der Waals surface area contributed by atoms with E-state index in [4.69, 9.17) is 11.6 Å². The number of aromatic nitrogens is 3. The molecular weight excluding hydrogens is 350 g/mol. The number of fused-ring (bicyclic) bond motifs is 1. The van der Waals surface area contributed by atoms with Crippen LogP contribution in [0.2, 0.25) is 5.02 Å². The molecule has 0 bridgehead atoms. The van der Waals surface area contributed by atoms with Gasteiger partial charge in [-0.2, -0.15) is 0 Å². The lowest BCUT2D eigenvalue weighted by atomic mass is 9.99. The summed E-state index contributed by atoms with van der Waals surface area (Å²) in [4.78, 5) is 21.1. The molecule has 1 amide bonds. The van der Waals surface area contributed by atoms with Crippen LogP contribution in [0.3, 0.4) is 0 Å². The van der Waals surface area contributed by atoms with E-state index in [9.17, 15) is 4.79 Å². The van der Waals surface area contributed by atoms with Gasteiger partial charge >= 0.3 is 0 Å². The van der Waals surface area contributed by atoms with Gasteiger partial charge in [0, 0.05) is 25.4 Å². The fourth-order valence-electron chi connectivity index (χ4n) is 3.33. The molecule has 1 saturated heterocycles. The van der Waals surface area contributed by atoms with E-state index in [0.717, 1.165) is 41.5 Å². The van der Waals surface area contributed by atoms with Crippen LogP contribution in [0.15, 0.2) is 36.8 Å². The molecule has 2 N–H and O–H groups in total. The molecule has 26 heavy (non-hydrogen) atoms. The van der Waals surface area contributed by atoms with Gasteiger partial charge in [0.2, 0.25) is 5.91 Å². The van der Waals surface area contributed by atoms with Crippen molar-refractivity contribution in [2.24, 2.45) is 13.0 Å². The van der Waals surface area contributed by atoms with E-state index < -0.39 is 0 Å². The maximum absolute atomic E-state index is 12.4. The fourth-order valence-corrected chi connectivity index (χ4v) is 3.54. The number of pyridine rings is 1. The highest BCUT2D eigenvalue weighted by Gasteiger charge is 2.21. The van der Waals surface area contributed by atoms with E-state index in [0.29, 0.717) is 17.4 Å². The monoisotopic (exact) mass is 369 g/mol. The normalized spacial score (nSPS) is 17.4. The zero-order valence-electron chi connectivity index (χ0n) is 14.5. The van der Waals surface area contributed by atoms with Gasteiger partial charge in [-0.25, -0.2) is 9.97 Å². The molecule has 0 aliphatic carbocycles. The summed E-state index contributed by atoms with van der Waals surface area (Å²) in [5, 5.41) is 6.73. The Morgan fingerprint density at radius 1 is 1.35 bits per heavy atom. The standard InChI is InChI=1S/C19H20ClN5O/c1-25-11-23-16-5-4-12(7-17(16)25)14-8-18(22-10-15(14)20)24-19(26)13-3-2-6-21-9-13/h4-5,7-8,10-11,13,21H,2-3,6,9H2,1H3,(H,22,24,26). The molecule has 0 spiro atoms. The number of hydrogen-bond acceptors (Lipinski definition) is 4. The van der Waals surface area contributed by atoms with Crippen molar-refractivity contribution in [2.45, 2.75) is 12.8 Å². The van der Waals surface area contributed by atoms with Crippen molar-refractivity contribution in [3.63, 3.8) is 0 Å². The molecule has 3 heterocycles. The molecule has 3 aromatic rings. The van der Waals surface area contributed by atoms with Gasteiger partial charge in [0.1, 0.15) is 5.82 Å². The van der Waals surface area contributed by atoms with Gasteiger partial charge in [-0.15, -0.1) is 0 Å². The largest absolute Gasteiger partial charge is 0.334 e. The third-order valence-corrected chi connectivity index (χ3v) is 5.11. The second-order valence-corrected chi connectivity index (χ2v) is 7.05. The van der Waals surface area contributed by atoms with E-state index in [1.165, 1.54) is 0 Å². The van der Waals surface area contributed by atoms with E-state index >= 15 is 0 Å². The minimum atomic E-state index is -0.0181. The second-order valence-electron chi connectivity index (χ2n) is 6.64. The van der Waals surface area contributed by atoms with Crippen LogP contribution in [0.5, 0.6) is 0 Å². The first-order chi connectivity index (χ1) is 12.6. The number of anilines is 1. The van der Waals surface area contributed by atoms with Crippen molar-refractivity contribution in [1.82, 2.24) is 19.9 Å². The first-order valence-electron chi connectivity index (χ1n) is 8.70. The van der Waals surface area contributed by atoms with Crippen LogP contribution in [-0.2, 0) is 11.8 Å². The van der Waals surface area contributed by atoms with E-state index in [1.54, 1.807) is 12.5 Å². The van der Waals surface area contributed by atoms with Crippen LogP contribution < -0.4 is 10.6 Å². The molecule has 2 aromatic heterocycles. The summed E-state index contributed by atoms with van der Waals surface area (Å²) in [6, 6.07) is 7.81. The zero-order chi connectivity index (χ0) is 18.1. The minimum absolute atomic E-state index is 0.0000547. The molecule has 0 saturated carbocycles. The van der Waals surface area contributed by atoms with Crippen LogP contribution in [0.4, 0.5) is 5.82 Å². The van der Waals surface area contributed by atoms with Crippen molar-refractivity contribution in [3.8, 4) is 11.1 Å².